The molecule has 1 amide bonds. The number of rotatable bonds is 3. The molecule has 1 aromatic rings. The van der Waals surface area contributed by atoms with E-state index in [1.807, 2.05) is 0 Å². The topological polar surface area (TPSA) is 116 Å². The summed E-state index contributed by atoms with van der Waals surface area (Å²) in [5, 5.41) is 32.5. The second-order valence-electron chi connectivity index (χ2n) is 4.58. The van der Waals surface area contributed by atoms with E-state index in [0.717, 1.165) is 0 Å². The number of non-ortho nitro benzene ring substituents is 1. The van der Waals surface area contributed by atoms with Gasteiger partial charge in [0, 0.05) is 38.0 Å². The van der Waals surface area contributed by atoms with Gasteiger partial charge in [-0.05, 0) is 6.07 Å². The van der Waals surface area contributed by atoms with Crippen LogP contribution in [0.15, 0.2) is 18.2 Å². The molecule has 20 heavy (non-hydrogen) atoms. The summed E-state index contributed by atoms with van der Waals surface area (Å²) in [4.78, 5) is 23.8. The van der Waals surface area contributed by atoms with Crippen LogP contribution in [0.2, 0.25) is 0 Å². The Morgan fingerprint density at radius 3 is 2.50 bits per heavy atom. The number of nitro groups is 1. The molecule has 0 spiro atoms. The fourth-order valence-electron chi connectivity index (χ4n) is 2.15. The van der Waals surface area contributed by atoms with Gasteiger partial charge in [0.25, 0.3) is 11.6 Å². The molecule has 8 heteroatoms. The molecule has 1 aromatic carbocycles. The highest BCUT2D eigenvalue weighted by Gasteiger charge is 2.34. The summed E-state index contributed by atoms with van der Waals surface area (Å²) in [6.07, 6.45) is -1.98. The van der Waals surface area contributed by atoms with Crippen molar-refractivity contribution in [2.75, 3.05) is 25.5 Å². The first-order valence-corrected chi connectivity index (χ1v) is 6.05. The van der Waals surface area contributed by atoms with Gasteiger partial charge >= 0.3 is 0 Å². The molecule has 1 aliphatic heterocycles. The van der Waals surface area contributed by atoms with Gasteiger partial charge in [-0.25, -0.2) is 0 Å². The highest BCUT2D eigenvalue weighted by molar-refractivity contribution is 6.00. The van der Waals surface area contributed by atoms with E-state index in [1.54, 1.807) is 7.05 Å². The number of anilines is 1. The minimum atomic E-state index is -0.990. The molecule has 0 aliphatic carbocycles. The molecule has 2 unspecified atom stereocenters. The van der Waals surface area contributed by atoms with Crippen LogP contribution in [-0.4, -0.2) is 58.3 Å². The zero-order valence-electron chi connectivity index (χ0n) is 10.8. The zero-order valence-corrected chi connectivity index (χ0v) is 10.8. The van der Waals surface area contributed by atoms with E-state index in [2.05, 4.69) is 5.32 Å². The summed E-state index contributed by atoms with van der Waals surface area (Å²) in [5.41, 5.74) is 0.409. The third-order valence-electron chi connectivity index (χ3n) is 3.26. The number of benzene rings is 1. The third kappa shape index (κ3) is 2.56. The Hall–Kier alpha value is -2.19. The van der Waals surface area contributed by atoms with Gasteiger partial charge in [-0.15, -0.1) is 0 Å². The Morgan fingerprint density at radius 2 is 2.00 bits per heavy atom. The molecule has 0 radical (unpaired) electrons. The highest BCUT2D eigenvalue weighted by Crippen LogP contribution is 2.24. The molecule has 1 fully saturated rings. The predicted octanol–water partition coefficient (Wildman–Crippen LogP) is -0.186. The molecule has 0 saturated carbocycles. The maximum atomic E-state index is 12.3. The van der Waals surface area contributed by atoms with Crippen LogP contribution in [0.1, 0.15) is 10.4 Å². The molecular formula is C12H15N3O5. The lowest BCUT2D eigenvalue weighted by Crippen LogP contribution is -2.30. The predicted molar refractivity (Wildman–Crippen MR) is 70.6 cm³/mol. The van der Waals surface area contributed by atoms with E-state index in [9.17, 15) is 25.1 Å². The lowest BCUT2D eigenvalue weighted by Gasteiger charge is -2.17. The van der Waals surface area contributed by atoms with Crippen molar-refractivity contribution in [3.05, 3.63) is 33.9 Å². The summed E-state index contributed by atoms with van der Waals surface area (Å²) in [7, 11) is 1.60. The molecule has 3 N–H and O–H groups in total. The molecule has 1 heterocycles. The Kier molecular flexibility index (Phi) is 3.86. The summed E-state index contributed by atoms with van der Waals surface area (Å²) in [6, 6.07) is 3.94. The second kappa shape index (κ2) is 5.43. The number of likely N-dealkylation sites (tertiary alicyclic amines) is 1. The maximum Gasteiger partial charge on any atom is 0.270 e. The number of hydrogen-bond acceptors (Lipinski definition) is 6. The van der Waals surface area contributed by atoms with Crippen molar-refractivity contribution < 1.29 is 19.9 Å². The molecule has 108 valence electrons. The van der Waals surface area contributed by atoms with E-state index < -0.39 is 23.0 Å². The Morgan fingerprint density at radius 1 is 1.40 bits per heavy atom. The van der Waals surface area contributed by atoms with E-state index in [4.69, 9.17) is 0 Å². The Labute approximate surface area is 114 Å². The van der Waals surface area contributed by atoms with Crippen molar-refractivity contribution in [2.45, 2.75) is 12.2 Å². The molecular weight excluding hydrogens is 266 g/mol. The van der Waals surface area contributed by atoms with Gasteiger partial charge in [-0.1, -0.05) is 0 Å². The average Bonchev–Trinajstić information content (AvgIpc) is 2.77. The number of nitro benzene ring substituents is 1. The van der Waals surface area contributed by atoms with Gasteiger partial charge in [-0.3, -0.25) is 14.9 Å². The Bertz CT molecular complexity index is 538. The molecule has 8 nitrogen and oxygen atoms in total. The lowest BCUT2D eigenvalue weighted by molar-refractivity contribution is -0.384. The van der Waals surface area contributed by atoms with Crippen LogP contribution in [0.5, 0.6) is 0 Å². The van der Waals surface area contributed by atoms with Crippen molar-refractivity contribution in [3.63, 3.8) is 0 Å². The SMILES string of the molecule is CNc1ccc([N+](=O)[O-])cc1C(=O)N1CC(O)C(O)C1. The lowest BCUT2D eigenvalue weighted by atomic mass is 10.1. The molecule has 2 atom stereocenters. The largest absolute Gasteiger partial charge is 0.388 e. The highest BCUT2D eigenvalue weighted by atomic mass is 16.6. The fraction of sp³-hybridized carbons (Fsp3) is 0.417. The smallest absolute Gasteiger partial charge is 0.270 e. The first-order chi connectivity index (χ1) is 9.43. The summed E-state index contributed by atoms with van der Waals surface area (Å²) in [5.74, 6) is -0.464. The van der Waals surface area contributed by atoms with E-state index in [1.165, 1.54) is 23.1 Å². The van der Waals surface area contributed by atoms with Crippen molar-refractivity contribution in [2.24, 2.45) is 0 Å². The van der Waals surface area contributed by atoms with Crippen LogP contribution >= 0.6 is 0 Å². The van der Waals surface area contributed by atoms with Gasteiger partial charge < -0.3 is 20.4 Å². The van der Waals surface area contributed by atoms with Crippen LogP contribution in [-0.2, 0) is 0 Å². The number of β-amino-alcohol motifs (C(OH)–C–C–N with tert-alkyl or cyclic N) is 2. The van der Waals surface area contributed by atoms with Crippen LogP contribution in [0.25, 0.3) is 0 Å². The fourth-order valence-corrected chi connectivity index (χ4v) is 2.15. The van der Waals surface area contributed by atoms with Gasteiger partial charge in [0.2, 0.25) is 0 Å². The standard InChI is InChI=1S/C12H15N3O5/c1-13-9-3-2-7(15(19)20)4-8(9)12(18)14-5-10(16)11(17)6-14/h2-4,10-11,13,16-17H,5-6H2,1H3. The monoisotopic (exact) mass is 281 g/mol. The normalized spacial score (nSPS) is 21.9. The van der Waals surface area contributed by atoms with Crippen molar-refractivity contribution in [1.29, 1.82) is 0 Å². The Balaban J connectivity index is 2.33. The molecule has 0 aromatic heterocycles. The second-order valence-corrected chi connectivity index (χ2v) is 4.58. The van der Waals surface area contributed by atoms with Crippen LogP contribution in [0.4, 0.5) is 11.4 Å². The summed E-state index contributed by atoms with van der Waals surface area (Å²) >= 11 is 0. The zero-order chi connectivity index (χ0) is 14.9. The van der Waals surface area contributed by atoms with Gasteiger partial charge in [0.05, 0.1) is 22.7 Å². The molecule has 0 bridgehead atoms. The minimum absolute atomic E-state index is 0.00580. The average molecular weight is 281 g/mol. The van der Waals surface area contributed by atoms with Crippen LogP contribution in [0, 0.1) is 10.1 Å². The van der Waals surface area contributed by atoms with Gasteiger partial charge in [0.1, 0.15) is 0 Å². The van der Waals surface area contributed by atoms with Crippen molar-refractivity contribution >= 4 is 17.3 Å². The van der Waals surface area contributed by atoms with Crippen LogP contribution < -0.4 is 5.32 Å². The number of carbonyl (C=O) groups is 1. The molecule has 2 rings (SSSR count). The van der Waals surface area contributed by atoms with Crippen LogP contribution in [0.3, 0.4) is 0 Å². The number of aliphatic hydroxyl groups excluding tert-OH is 2. The molecule has 1 aliphatic rings. The summed E-state index contributed by atoms with van der Waals surface area (Å²) < 4.78 is 0. The van der Waals surface area contributed by atoms with Gasteiger partial charge in [0.15, 0.2) is 0 Å². The number of nitrogens with one attached hydrogen (secondary N) is 1. The number of carbonyl (C=O) groups excluding carboxylic acids is 1. The maximum absolute atomic E-state index is 12.3. The minimum Gasteiger partial charge on any atom is -0.388 e. The number of aliphatic hydroxyl groups is 2. The summed E-state index contributed by atoms with van der Waals surface area (Å²) in [6.45, 7) is 0.0116. The quantitative estimate of drug-likeness (QED) is 0.522. The van der Waals surface area contributed by atoms with E-state index >= 15 is 0 Å². The first kappa shape index (κ1) is 14.2. The van der Waals surface area contributed by atoms with Crippen molar-refractivity contribution in [1.82, 2.24) is 4.90 Å². The van der Waals surface area contributed by atoms with E-state index in [-0.39, 0.29) is 24.3 Å². The number of amides is 1. The first-order valence-electron chi connectivity index (χ1n) is 6.05. The number of nitrogens with zero attached hydrogens (tertiary/aromatic N) is 2. The van der Waals surface area contributed by atoms with Gasteiger partial charge in [-0.2, -0.15) is 0 Å². The molecule has 1 saturated heterocycles. The van der Waals surface area contributed by atoms with Crippen molar-refractivity contribution in [3.8, 4) is 0 Å². The third-order valence-corrected chi connectivity index (χ3v) is 3.26. The van der Waals surface area contributed by atoms with E-state index in [0.29, 0.717) is 5.69 Å². The number of hydrogen-bond donors (Lipinski definition) is 3.